The third-order valence-corrected chi connectivity index (χ3v) is 2.52. The average molecular weight is 218 g/mol. The van der Waals surface area contributed by atoms with Gasteiger partial charge >= 0.3 is 0 Å². The number of hydrogen-bond acceptors (Lipinski definition) is 2. The van der Waals surface area contributed by atoms with Gasteiger partial charge in [-0.25, -0.2) is 4.39 Å². The van der Waals surface area contributed by atoms with Gasteiger partial charge in [0.1, 0.15) is 16.6 Å². The Kier molecular flexibility index (Phi) is 3.72. The van der Waals surface area contributed by atoms with Gasteiger partial charge in [-0.05, 0) is 24.1 Å². The topological polar surface area (TPSA) is 35.2 Å². The number of halogens is 2. The molecule has 14 heavy (non-hydrogen) atoms. The molecule has 2 nitrogen and oxygen atoms in total. The lowest BCUT2D eigenvalue weighted by Crippen LogP contribution is -2.10. The largest absolute Gasteiger partial charge is 0.495 e. The number of hydrogen-bond donors (Lipinski definition) is 1. The fraction of sp³-hybridized carbons (Fsp3) is 0.400. The van der Waals surface area contributed by atoms with E-state index in [0.717, 1.165) is 5.56 Å². The first kappa shape index (κ1) is 11.3. The van der Waals surface area contributed by atoms with Crippen molar-refractivity contribution in [3.8, 4) is 5.75 Å². The van der Waals surface area contributed by atoms with Crippen LogP contribution in [0.2, 0.25) is 5.02 Å². The van der Waals surface area contributed by atoms with Crippen LogP contribution in [-0.4, -0.2) is 13.7 Å². The van der Waals surface area contributed by atoms with Crippen LogP contribution in [0.25, 0.3) is 0 Å². The minimum atomic E-state index is -0.475. The van der Waals surface area contributed by atoms with E-state index in [4.69, 9.17) is 22.1 Å². The van der Waals surface area contributed by atoms with E-state index in [-0.39, 0.29) is 10.9 Å². The molecule has 1 rings (SSSR count). The smallest absolute Gasteiger partial charge is 0.145 e. The Morgan fingerprint density at radius 1 is 1.57 bits per heavy atom. The molecule has 78 valence electrons. The standard InChI is InChI=1S/C10H13ClFNO/c1-6(5-13)7-3-4-8(12)9(11)10(7)14-2/h3-4,6H,5,13H2,1-2H3. The highest BCUT2D eigenvalue weighted by Crippen LogP contribution is 2.34. The van der Waals surface area contributed by atoms with Crippen molar-refractivity contribution in [2.24, 2.45) is 5.73 Å². The van der Waals surface area contributed by atoms with Gasteiger partial charge < -0.3 is 10.5 Å². The van der Waals surface area contributed by atoms with Gasteiger partial charge in [0.05, 0.1) is 7.11 Å². The van der Waals surface area contributed by atoms with Gasteiger partial charge in [-0.15, -0.1) is 0 Å². The fourth-order valence-corrected chi connectivity index (χ4v) is 1.52. The normalized spacial score (nSPS) is 12.6. The zero-order chi connectivity index (χ0) is 10.7. The summed E-state index contributed by atoms with van der Waals surface area (Å²) in [6, 6.07) is 2.98. The minimum absolute atomic E-state index is 0.0188. The summed E-state index contributed by atoms with van der Waals surface area (Å²) in [5.74, 6) is 0.00385. The van der Waals surface area contributed by atoms with Crippen LogP contribution in [0.4, 0.5) is 4.39 Å². The fourth-order valence-electron chi connectivity index (χ4n) is 1.27. The summed E-state index contributed by atoms with van der Waals surface area (Å²) in [6.45, 7) is 2.41. The number of benzene rings is 1. The molecule has 0 bridgehead atoms. The Labute approximate surface area is 87.8 Å². The lowest BCUT2D eigenvalue weighted by atomic mass is 10.0. The van der Waals surface area contributed by atoms with E-state index in [1.54, 1.807) is 6.07 Å². The van der Waals surface area contributed by atoms with Gasteiger partial charge in [0.15, 0.2) is 0 Å². The van der Waals surface area contributed by atoms with Crippen LogP contribution in [0.5, 0.6) is 5.75 Å². The van der Waals surface area contributed by atoms with Crippen molar-refractivity contribution >= 4 is 11.6 Å². The van der Waals surface area contributed by atoms with E-state index in [0.29, 0.717) is 12.3 Å². The SMILES string of the molecule is COc1c(C(C)CN)ccc(F)c1Cl. The van der Waals surface area contributed by atoms with E-state index in [1.165, 1.54) is 13.2 Å². The van der Waals surface area contributed by atoms with Crippen LogP contribution >= 0.6 is 11.6 Å². The summed E-state index contributed by atoms with van der Waals surface area (Å²) >= 11 is 5.76. The molecule has 1 aromatic carbocycles. The van der Waals surface area contributed by atoms with Crippen LogP contribution in [0.3, 0.4) is 0 Å². The van der Waals surface area contributed by atoms with Crippen LogP contribution in [0.1, 0.15) is 18.4 Å². The highest BCUT2D eigenvalue weighted by atomic mass is 35.5. The van der Waals surface area contributed by atoms with Gasteiger partial charge in [0, 0.05) is 0 Å². The predicted molar refractivity (Wildman–Crippen MR) is 55.4 cm³/mol. The lowest BCUT2D eigenvalue weighted by Gasteiger charge is -2.15. The first-order valence-electron chi connectivity index (χ1n) is 4.33. The molecule has 0 fully saturated rings. The van der Waals surface area contributed by atoms with Crippen LogP contribution in [-0.2, 0) is 0 Å². The third-order valence-electron chi connectivity index (χ3n) is 2.17. The molecule has 0 heterocycles. The second-order valence-electron chi connectivity index (χ2n) is 3.12. The second-order valence-corrected chi connectivity index (χ2v) is 3.50. The number of methoxy groups -OCH3 is 1. The highest BCUT2D eigenvalue weighted by Gasteiger charge is 2.15. The monoisotopic (exact) mass is 217 g/mol. The molecule has 0 saturated carbocycles. The Bertz CT molecular complexity index is 330. The molecule has 1 atom stereocenters. The predicted octanol–water partition coefficient (Wildman–Crippen LogP) is 2.55. The molecule has 0 spiro atoms. The zero-order valence-corrected chi connectivity index (χ0v) is 8.94. The molecule has 0 saturated heterocycles. The van der Waals surface area contributed by atoms with Gasteiger partial charge in [-0.2, -0.15) is 0 Å². The lowest BCUT2D eigenvalue weighted by molar-refractivity contribution is 0.403. The second kappa shape index (κ2) is 4.62. The van der Waals surface area contributed by atoms with Gasteiger partial charge in [0.2, 0.25) is 0 Å². The molecule has 0 aliphatic heterocycles. The molecule has 1 unspecified atom stereocenters. The molecule has 0 amide bonds. The van der Waals surface area contributed by atoms with E-state index in [1.807, 2.05) is 6.92 Å². The van der Waals surface area contributed by atoms with E-state index < -0.39 is 5.82 Å². The number of rotatable bonds is 3. The highest BCUT2D eigenvalue weighted by molar-refractivity contribution is 6.32. The van der Waals surface area contributed by atoms with Crippen molar-refractivity contribution in [2.75, 3.05) is 13.7 Å². The summed E-state index contributed by atoms with van der Waals surface area (Å²) in [6.07, 6.45) is 0. The molecular formula is C10H13ClFNO. The molecule has 1 aromatic rings. The van der Waals surface area contributed by atoms with Crippen molar-refractivity contribution < 1.29 is 9.13 Å². The van der Waals surface area contributed by atoms with Gasteiger partial charge in [-0.1, -0.05) is 24.6 Å². The molecule has 2 N–H and O–H groups in total. The molecule has 0 aliphatic carbocycles. The zero-order valence-electron chi connectivity index (χ0n) is 8.18. The molecule has 4 heteroatoms. The van der Waals surface area contributed by atoms with E-state index >= 15 is 0 Å². The maximum absolute atomic E-state index is 13.1. The maximum Gasteiger partial charge on any atom is 0.145 e. The Morgan fingerprint density at radius 3 is 2.71 bits per heavy atom. The Balaban J connectivity index is 3.23. The van der Waals surface area contributed by atoms with Crippen molar-refractivity contribution in [1.29, 1.82) is 0 Å². The molecular weight excluding hydrogens is 205 g/mol. The summed E-state index contributed by atoms with van der Waals surface area (Å²) in [4.78, 5) is 0. The first-order valence-corrected chi connectivity index (χ1v) is 4.71. The Morgan fingerprint density at radius 2 is 2.21 bits per heavy atom. The summed E-state index contributed by atoms with van der Waals surface area (Å²) < 4.78 is 18.1. The summed E-state index contributed by atoms with van der Waals surface area (Å²) in [5.41, 5.74) is 6.36. The molecule has 0 aliphatic rings. The van der Waals surface area contributed by atoms with E-state index in [9.17, 15) is 4.39 Å². The van der Waals surface area contributed by atoms with Gasteiger partial charge in [-0.3, -0.25) is 0 Å². The van der Waals surface area contributed by atoms with Crippen molar-refractivity contribution in [3.05, 3.63) is 28.5 Å². The number of ether oxygens (including phenoxy) is 1. The quantitative estimate of drug-likeness (QED) is 0.845. The minimum Gasteiger partial charge on any atom is -0.495 e. The van der Waals surface area contributed by atoms with Crippen molar-refractivity contribution in [1.82, 2.24) is 0 Å². The van der Waals surface area contributed by atoms with Crippen LogP contribution < -0.4 is 10.5 Å². The molecule has 0 aromatic heterocycles. The van der Waals surface area contributed by atoms with Crippen LogP contribution in [0.15, 0.2) is 12.1 Å². The summed E-state index contributed by atoms with van der Waals surface area (Å²) in [7, 11) is 1.47. The van der Waals surface area contributed by atoms with Crippen LogP contribution in [0, 0.1) is 5.82 Å². The molecule has 0 radical (unpaired) electrons. The summed E-state index contributed by atoms with van der Waals surface area (Å²) in [5, 5.41) is 0.0188. The third kappa shape index (κ3) is 1.99. The van der Waals surface area contributed by atoms with Crippen molar-refractivity contribution in [2.45, 2.75) is 12.8 Å². The maximum atomic E-state index is 13.1. The van der Waals surface area contributed by atoms with E-state index in [2.05, 4.69) is 0 Å². The average Bonchev–Trinajstić information content (AvgIpc) is 2.20. The first-order chi connectivity index (χ1) is 6.61. The van der Waals surface area contributed by atoms with Gasteiger partial charge in [0.25, 0.3) is 0 Å². The van der Waals surface area contributed by atoms with Crippen molar-refractivity contribution in [3.63, 3.8) is 0 Å². The Hall–Kier alpha value is -0.800. The number of nitrogens with two attached hydrogens (primary N) is 1.